The summed E-state index contributed by atoms with van der Waals surface area (Å²) in [5.41, 5.74) is 7.49. The van der Waals surface area contributed by atoms with Crippen LogP contribution in [-0.2, 0) is 0 Å². The highest BCUT2D eigenvalue weighted by Gasteiger charge is 2.19. The van der Waals surface area contributed by atoms with Crippen molar-refractivity contribution in [2.45, 2.75) is 41.5 Å². The molecule has 0 bridgehead atoms. The van der Waals surface area contributed by atoms with Crippen LogP contribution >= 0.6 is 11.8 Å². The van der Waals surface area contributed by atoms with Crippen molar-refractivity contribution < 1.29 is 0 Å². The zero-order chi connectivity index (χ0) is 14.3. The van der Waals surface area contributed by atoms with Crippen molar-refractivity contribution in [3.8, 4) is 0 Å². The number of pyridine rings is 1. The molecular formula is C16H22N2S. The van der Waals surface area contributed by atoms with Crippen molar-refractivity contribution in [2.24, 2.45) is 0 Å². The minimum absolute atomic E-state index is 1.09. The maximum Gasteiger partial charge on any atom is 0.0814 e. The van der Waals surface area contributed by atoms with Crippen LogP contribution in [-0.4, -0.2) is 16.9 Å². The van der Waals surface area contributed by atoms with Gasteiger partial charge in [0.05, 0.1) is 10.7 Å². The van der Waals surface area contributed by atoms with E-state index in [2.05, 4.69) is 59.6 Å². The third-order valence-electron chi connectivity index (χ3n) is 4.20. The normalized spacial score (nSPS) is 17.8. The van der Waals surface area contributed by atoms with Crippen molar-refractivity contribution in [2.75, 3.05) is 7.05 Å². The van der Waals surface area contributed by atoms with Gasteiger partial charge >= 0.3 is 0 Å². The summed E-state index contributed by atoms with van der Waals surface area (Å²) in [6.45, 7) is 12.9. The van der Waals surface area contributed by atoms with Gasteiger partial charge in [0.1, 0.15) is 0 Å². The zero-order valence-corrected chi connectivity index (χ0v) is 13.7. The second-order valence-corrected chi connectivity index (χ2v) is 6.48. The summed E-state index contributed by atoms with van der Waals surface area (Å²) in [6, 6.07) is 0. The Kier molecular flexibility index (Phi) is 3.77. The zero-order valence-electron chi connectivity index (χ0n) is 12.9. The van der Waals surface area contributed by atoms with Gasteiger partial charge < -0.3 is 4.90 Å². The van der Waals surface area contributed by atoms with Crippen LogP contribution < -0.4 is 0 Å². The largest absolute Gasteiger partial charge is 0.342 e. The molecule has 2 nitrogen and oxygen atoms in total. The number of thioether (sulfide) groups is 1. The molecule has 0 aromatic carbocycles. The molecule has 0 saturated heterocycles. The van der Waals surface area contributed by atoms with Crippen molar-refractivity contribution in [1.29, 1.82) is 0 Å². The Hall–Kier alpha value is -1.22. The van der Waals surface area contributed by atoms with Crippen LogP contribution in [0.15, 0.2) is 15.6 Å². The molecule has 0 saturated carbocycles. The van der Waals surface area contributed by atoms with Crippen LogP contribution in [0.5, 0.6) is 0 Å². The van der Waals surface area contributed by atoms with Crippen molar-refractivity contribution in [3.05, 3.63) is 43.7 Å². The third kappa shape index (κ3) is 2.44. The molecule has 2 heterocycles. The number of rotatable bonds is 1. The Morgan fingerprint density at radius 2 is 1.58 bits per heavy atom. The Bertz CT molecular complexity index is 597. The maximum absolute atomic E-state index is 4.75. The van der Waals surface area contributed by atoms with Crippen LogP contribution in [0, 0.1) is 27.7 Å². The van der Waals surface area contributed by atoms with Crippen LogP contribution in [0.25, 0.3) is 6.08 Å². The predicted molar refractivity (Wildman–Crippen MR) is 84.9 cm³/mol. The molecule has 1 aliphatic rings. The second kappa shape index (κ2) is 5.04. The quantitative estimate of drug-likeness (QED) is 0.747. The molecule has 2 rings (SSSR count). The molecular weight excluding hydrogens is 252 g/mol. The summed E-state index contributed by atoms with van der Waals surface area (Å²) in [5, 5.41) is 1.26. The van der Waals surface area contributed by atoms with Gasteiger partial charge in [-0.15, -0.1) is 0 Å². The Labute approximate surface area is 120 Å². The molecule has 1 aliphatic heterocycles. The van der Waals surface area contributed by atoms with E-state index in [0.29, 0.717) is 0 Å². The summed E-state index contributed by atoms with van der Waals surface area (Å²) < 4.78 is 0. The van der Waals surface area contributed by atoms with E-state index < -0.39 is 0 Å². The van der Waals surface area contributed by atoms with Crippen molar-refractivity contribution in [1.82, 2.24) is 9.88 Å². The second-order valence-electron chi connectivity index (χ2n) is 5.24. The minimum atomic E-state index is 1.09. The molecule has 102 valence electrons. The highest BCUT2D eigenvalue weighted by Crippen LogP contribution is 2.40. The molecule has 0 spiro atoms. The van der Waals surface area contributed by atoms with E-state index in [9.17, 15) is 0 Å². The fourth-order valence-corrected chi connectivity index (χ4v) is 3.22. The average molecular weight is 274 g/mol. The standard InChI is InChI=1S/C16H22N2S/c1-9-10(2)12(4)17-15(11(9)3)8-16-18(7)13(5)14(6)19-16/h8H,1-7H3. The smallest absolute Gasteiger partial charge is 0.0814 e. The van der Waals surface area contributed by atoms with Gasteiger partial charge in [0, 0.05) is 23.3 Å². The SMILES string of the molecule is CC1=C(C)N(C)C(=Cc2nc(C)c(C)c(C)c2C)S1. The van der Waals surface area contributed by atoms with Crippen molar-refractivity contribution in [3.63, 3.8) is 0 Å². The summed E-state index contributed by atoms with van der Waals surface area (Å²) in [5.74, 6) is 0. The number of allylic oxidation sites excluding steroid dienone is 2. The Morgan fingerprint density at radius 3 is 2.11 bits per heavy atom. The molecule has 0 N–H and O–H groups in total. The predicted octanol–water partition coefficient (Wildman–Crippen LogP) is 4.54. The highest BCUT2D eigenvalue weighted by atomic mass is 32.2. The summed E-state index contributed by atoms with van der Waals surface area (Å²) in [4.78, 5) is 8.36. The highest BCUT2D eigenvalue weighted by molar-refractivity contribution is 8.07. The first-order valence-electron chi connectivity index (χ1n) is 6.58. The summed E-state index contributed by atoms with van der Waals surface area (Å²) in [6.07, 6.45) is 2.21. The number of hydrogen-bond donors (Lipinski definition) is 0. The van der Waals surface area contributed by atoms with E-state index in [0.717, 1.165) is 11.4 Å². The Morgan fingerprint density at radius 1 is 0.947 bits per heavy atom. The Balaban J connectivity index is 2.46. The number of hydrogen-bond acceptors (Lipinski definition) is 3. The molecule has 0 unspecified atom stereocenters. The van der Waals surface area contributed by atoms with Gasteiger partial charge in [-0.05, 0) is 64.3 Å². The van der Waals surface area contributed by atoms with E-state index in [-0.39, 0.29) is 0 Å². The third-order valence-corrected chi connectivity index (χ3v) is 5.40. The van der Waals surface area contributed by atoms with Crippen LogP contribution in [0.2, 0.25) is 0 Å². The van der Waals surface area contributed by atoms with E-state index >= 15 is 0 Å². The fraction of sp³-hybridized carbons (Fsp3) is 0.438. The lowest BCUT2D eigenvalue weighted by atomic mass is 10.0. The molecule has 1 aromatic rings. The molecule has 0 amide bonds. The summed E-state index contributed by atoms with van der Waals surface area (Å²) in [7, 11) is 2.12. The first-order chi connectivity index (χ1) is 8.82. The van der Waals surface area contributed by atoms with Gasteiger partial charge in [-0.25, -0.2) is 0 Å². The van der Waals surface area contributed by atoms with E-state index in [1.54, 1.807) is 0 Å². The molecule has 0 aliphatic carbocycles. The average Bonchev–Trinajstić information content (AvgIpc) is 2.61. The van der Waals surface area contributed by atoms with Gasteiger partial charge in [-0.2, -0.15) is 0 Å². The van der Waals surface area contributed by atoms with Crippen molar-refractivity contribution >= 4 is 17.8 Å². The van der Waals surface area contributed by atoms with Gasteiger partial charge in [0.25, 0.3) is 0 Å². The molecule has 0 atom stereocenters. The van der Waals surface area contributed by atoms with Crippen LogP contribution in [0.1, 0.15) is 41.9 Å². The van der Waals surface area contributed by atoms with Gasteiger partial charge in [-0.3, -0.25) is 4.98 Å². The number of nitrogens with zero attached hydrogens (tertiary/aromatic N) is 2. The molecule has 0 fully saturated rings. The van der Waals surface area contributed by atoms with E-state index in [1.165, 1.54) is 32.3 Å². The number of aromatic nitrogens is 1. The first kappa shape index (κ1) is 14.2. The fourth-order valence-electron chi connectivity index (χ4n) is 2.18. The molecule has 1 aromatic heterocycles. The first-order valence-corrected chi connectivity index (χ1v) is 7.39. The minimum Gasteiger partial charge on any atom is -0.342 e. The molecule has 0 radical (unpaired) electrons. The lowest BCUT2D eigenvalue weighted by Crippen LogP contribution is -2.09. The number of aryl methyl sites for hydroxylation is 1. The topological polar surface area (TPSA) is 16.1 Å². The van der Waals surface area contributed by atoms with Crippen LogP contribution in [0.4, 0.5) is 0 Å². The van der Waals surface area contributed by atoms with Crippen LogP contribution in [0.3, 0.4) is 0 Å². The molecule has 3 heteroatoms. The maximum atomic E-state index is 4.75. The van der Waals surface area contributed by atoms with Gasteiger partial charge in [0.15, 0.2) is 0 Å². The van der Waals surface area contributed by atoms with Gasteiger partial charge in [0.2, 0.25) is 0 Å². The summed E-state index contributed by atoms with van der Waals surface area (Å²) >= 11 is 1.83. The monoisotopic (exact) mass is 274 g/mol. The molecule has 19 heavy (non-hydrogen) atoms. The van der Waals surface area contributed by atoms with E-state index in [4.69, 9.17) is 4.98 Å². The van der Waals surface area contributed by atoms with Gasteiger partial charge in [-0.1, -0.05) is 11.8 Å². The lowest BCUT2D eigenvalue weighted by molar-refractivity contribution is 0.567. The van der Waals surface area contributed by atoms with E-state index in [1.807, 2.05) is 11.8 Å². The lowest BCUT2D eigenvalue weighted by Gasteiger charge is -2.16.